The summed E-state index contributed by atoms with van der Waals surface area (Å²) in [4.78, 5) is 16.9. The number of carbonyl (C=O) groups is 1. The predicted molar refractivity (Wildman–Crippen MR) is 87.0 cm³/mol. The van der Waals surface area contributed by atoms with Gasteiger partial charge in [-0.3, -0.25) is 4.79 Å². The Labute approximate surface area is 131 Å². The van der Waals surface area contributed by atoms with Crippen LogP contribution in [0.1, 0.15) is 58.8 Å². The third-order valence-electron chi connectivity index (χ3n) is 4.38. The average Bonchev–Trinajstić information content (AvgIpc) is 2.91. The van der Waals surface area contributed by atoms with Gasteiger partial charge in [-0.05, 0) is 44.7 Å². The molecule has 2 aromatic rings. The highest BCUT2D eigenvalue weighted by molar-refractivity contribution is 5.92. The molecule has 0 saturated heterocycles. The van der Waals surface area contributed by atoms with Gasteiger partial charge < -0.3 is 9.88 Å². The monoisotopic (exact) mass is 297 g/mol. The number of rotatable bonds is 3. The fraction of sp³-hybridized carbons (Fsp3) is 0.444. The molecule has 1 aliphatic rings. The zero-order valence-corrected chi connectivity index (χ0v) is 13.5. The summed E-state index contributed by atoms with van der Waals surface area (Å²) < 4.78 is 2.11. The number of imidazole rings is 1. The van der Waals surface area contributed by atoms with Crippen LogP contribution in [-0.2, 0) is 13.0 Å². The number of aromatic nitrogens is 2. The molecule has 3 rings (SSSR count). The second-order valence-electron chi connectivity index (χ2n) is 6.25. The normalized spacial score (nSPS) is 15.2. The first-order chi connectivity index (χ1) is 10.5. The molecule has 0 fully saturated rings. The average molecular weight is 297 g/mol. The zero-order valence-electron chi connectivity index (χ0n) is 13.5. The lowest BCUT2D eigenvalue weighted by Gasteiger charge is -2.16. The standard InChI is InChI=1S/C18H23N3O/c1-12-7-8-15(13(2)10-12)14(3)19-18(22)16-11-21-9-5-4-6-17(21)20-16/h7-8,10-11,14H,4-6,9H2,1-3H3,(H,19,22)/t14-/m0/s1. The summed E-state index contributed by atoms with van der Waals surface area (Å²) in [5.74, 6) is 0.949. The highest BCUT2D eigenvalue weighted by Gasteiger charge is 2.19. The summed E-state index contributed by atoms with van der Waals surface area (Å²) in [7, 11) is 0. The molecule has 2 heterocycles. The third-order valence-corrected chi connectivity index (χ3v) is 4.38. The Morgan fingerprint density at radius 2 is 2.14 bits per heavy atom. The van der Waals surface area contributed by atoms with Crippen molar-refractivity contribution in [1.82, 2.24) is 14.9 Å². The first-order valence-corrected chi connectivity index (χ1v) is 7.98. The van der Waals surface area contributed by atoms with Gasteiger partial charge in [-0.2, -0.15) is 0 Å². The van der Waals surface area contributed by atoms with E-state index in [-0.39, 0.29) is 11.9 Å². The van der Waals surface area contributed by atoms with Crippen LogP contribution in [0.15, 0.2) is 24.4 Å². The van der Waals surface area contributed by atoms with Crippen molar-refractivity contribution in [3.05, 3.63) is 52.6 Å². The maximum Gasteiger partial charge on any atom is 0.271 e. The van der Waals surface area contributed by atoms with Gasteiger partial charge in [-0.15, -0.1) is 0 Å². The minimum atomic E-state index is -0.0885. The van der Waals surface area contributed by atoms with Crippen molar-refractivity contribution in [3.8, 4) is 0 Å². The molecule has 1 aromatic carbocycles. The van der Waals surface area contributed by atoms with E-state index in [9.17, 15) is 4.79 Å². The molecule has 0 bridgehead atoms. The molecule has 1 aromatic heterocycles. The number of carbonyl (C=O) groups excluding carboxylic acids is 1. The Kier molecular flexibility index (Phi) is 4.01. The SMILES string of the molecule is Cc1ccc([C@H](C)NC(=O)c2cn3c(n2)CCCC3)c(C)c1. The van der Waals surface area contributed by atoms with Gasteiger partial charge >= 0.3 is 0 Å². The number of aryl methyl sites for hydroxylation is 4. The summed E-state index contributed by atoms with van der Waals surface area (Å²) >= 11 is 0. The highest BCUT2D eigenvalue weighted by Crippen LogP contribution is 2.20. The lowest BCUT2D eigenvalue weighted by atomic mass is 10.0. The molecule has 0 aliphatic carbocycles. The number of nitrogens with zero attached hydrogens (tertiary/aromatic N) is 2. The van der Waals surface area contributed by atoms with E-state index in [1.165, 1.54) is 17.5 Å². The molecule has 4 nitrogen and oxygen atoms in total. The fourth-order valence-corrected chi connectivity index (χ4v) is 3.18. The molecule has 4 heteroatoms. The van der Waals surface area contributed by atoms with Crippen molar-refractivity contribution >= 4 is 5.91 Å². The van der Waals surface area contributed by atoms with Crippen molar-refractivity contribution < 1.29 is 4.79 Å². The van der Waals surface area contributed by atoms with Crippen molar-refractivity contribution in [2.75, 3.05) is 0 Å². The van der Waals surface area contributed by atoms with E-state index in [2.05, 4.69) is 46.9 Å². The van der Waals surface area contributed by atoms with Gasteiger partial charge in [-0.1, -0.05) is 23.8 Å². The van der Waals surface area contributed by atoms with Crippen LogP contribution < -0.4 is 5.32 Å². The summed E-state index contributed by atoms with van der Waals surface area (Å²) in [6, 6.07) is 6.30. The summed E-state index contributed by atoms with van der Waals surface area (Å²) in [5.41, 5.74) is 4.13. The van der Waals surface area contributed by atoms with Crippen molar-refractivity contribution in [2.24, 2.45) is 0 Å². The Bertz CT molecular complexity index is 679. The van der Waals surface area contributed by atoms with Crippen LogP contribution in [0.5, 0.6) is 0 Å². The molecular weight excluding hydrogens is 274 g/mol. The minimum absolute atomic E-state index is 0.0215. The molecule has 22 heavy (non-hydrogen) atoms. The molecular formula is C18H23N3O. The maximum absolute atomic E-state index is 12.4. The maximum atomic E-state index is 12.4. The number of hydrogen-bond donors (Lipinski definition) is 1. The first kappa shape index (κ1) is 14.8. The number of nitrogens with one attached hydrogen (secondary N) is 1. The topological polar surface area (TPSA) is 46.9 Å². The molecule has 1 atom stereocenters. The van der Waals surface area contributed by atoms with Crippen LogP contribution in [0.25, 0.3) is 0 Å². The number of hydrogen-bond acceptors (Lipinski definition) is 2. The first-order valence-electron chi connectivity index (χ1n) is 7.98. The van der Waals surface area contributed by atoms with Gasteiger partial charge in [0.2, 0.25) is 0 Å². The molecule has 116 valence electrons. The van der Waals surface area contributed by atoms with Crippen LogP contribution in [0, 0.1) is 13.8 Å². The lowest BCUT2D eigenvalue weighted by molar-refractivity contribution is 0.0935. The summed E-state index contributed by atoms with van der Waals surface area (Å²) in [6.45, 7) is 7.16. The number of benzene rings is 1. The Morgan fingerprint density at radius 3 is 2.86 bits per heavy atom. The van der Waals surface area contributed by atoms with Crippen LogP contribution in [0.3, 0.4) is 0 Å². The van der Waals surface area contributed by atoms with Crippen LogP contribution in [-0.4, -0.2) is 15.5 Å². The predicted octanol–water partition coefficient (Wildman–Crippen LogP) is 3.33. The van der Waals surface area contributed by atoms with Crippen LogP contribution >= 0.6 is 0 Å². The van der Waals surface area contributed by atoms with Gasteiger partial charge in [-0.25, -0.2) is 4.98 Å². The number of amides is 1. The Hall–Kier alpha value is -2.10. The van der Waals surface area contributed by atoms with Gasteiger partial charge in [0, 0.05) is 19.2 Å². The van der Waals surface area contributed by atoms with E-state index < -0.39 is 0 Å². The van der Waals surface area contributed by atoms with Crippen molar-refractivity contribution in [1.29, 1.82) is 0 Å². The second kappa shape index (κ2) is 5.95. The summed E-state index contributed by atoms with van der Waals surface area (Å²) in [5, 5.41) is 3.07. The number of fused-ring (bicyclic) bond motifs is 1. The van der Waals surface area contributed by atoms with Crippen molar-refractivity contribution in [2.45, 2.75) is 52.6 Å². The smallest absolute Gasteiger partial charge is 0.271 e. The Morgan fingerprint density at radius 1 is 1.32 bits per heavy atom. The fourth-order valence-electron chi connectivity index (χ4n) is 3.18. The van der Waals surface area contributed by atoms with Gasteiger partial charge in [0.1, 0.15) is 11.5 Å². The van der Waals surface area contributed by atoms with Gasteiger partial charge in [0.25, 0.3) is 5.91 Å². The van der Waals surface area contributed by atoms with E-state index in [4.69, 9.17) is 0 Å². The van der Waals surface area contributed by atoms with Gasteiger partial charge in [0.05, 0.1) is 6.04 Å². The lowest BCUT2D eigenvalue weighted by Crippen LogP contribution is -2.27. The van der Waals surface area contributed by atoms with Crippen molar-refractivity contribution in [3.63, 3.8) is 0 Å². The molecule has 1 aliphatic heterocycles. The third kappa shape index (κ3) is 2.91. The highest BCUT2D eigenvalue weighted by atomic mass is 16.2. The molecule has 1 N–H and O–H groups in total. The van der Waals surface area contributed by atoms with E-state index in [0.717, 1.165) is 30.8 Å². The van der Waals surface area contributed by atoms with Crippen LogP contribution in [0.4, 0.5) is 0 Å². The largest absolute Gasteiger partial charge is 0.344 e. The van der Waals surface area contributed by atoms with E-state index >= 15 is 0 Å². The molecule has 0 unspecified atom stereocenters. The van der Waals surface area contributed by atoms with E-state index in [0.29, 0.717) is 5.69 Å². The zero-order chi connectivity index (χ0) is 15.7. The van der Waals surface area contributed by atoms with E-state index in [1.807, 2.05) is 13.1 Å². The second-order valence-corrected chi connectivity index (χ2v) is 6.25. The quantitative estimate of drug-likeness (QED) is 0.944. The Balaban J connectivity index is 1.74. The molecule has 0 radical (unpaired) electrons. The summed E-state index contributed by atoms with van der Waals surface area (Å²) in [6.07, 6.45) is 5.19. The molecule has 0 spiro atoms. The van der Waals surface area contributed by atoms with Crippen LogP contribution in [0.2, 0.25) is 0 Å². The van der Waals surface area contributed by atoms with Gasteiger partial charge in [0.15, 0.2) is 0 Å². The minimum Gasteiger partial charge on any atom is -0.344 e. The van der Waals surface area contributed by atoms with E-state index in [1.54, 1.807) is 0 Å². The molecule has 0 saturated carbocycles. The molecule has 1 amide bonds.